The highest BCUT2D eigenvalue weighted by Gasteiger charge is 2.10. The first-order valence-electron chi connectivity index (χ1n) is 6.07. The zero-order chi connectivity index (χ0) is 14.5. The maximum Gasteiger partial charge on any atom is 0.107 e. The Kier molecular flexibility index (Phi) is 5.46. The predicted octanol–water partition coefficient (Wildman–Crippen LogP) is 4.42. The smallest absolute Gasteiger partial charge is 0.107 e. The van der Waals surface area contributed by atoms with Gasteiger partial charge in [-0.3, -0.25) is 0 Å². The molecule has 0 aliphatic heterocycles. The molecule has 0 saturated carbocycles. The van der Waals surface area contributed by atoms with Gasteiger partial charge in [0.25, 0.3) is 0 Å². The molecule has 0 aromatic heterocycles. The Hall–Kier alpha value is -1.04. The molecule has 0 spiro atoms. The first kappa shape index (κ1) is 15.4. The number of benzene rings is 2. The Morgan fingerprint density at radius 1 is 1.25 bits per heavy atom. The average Bonchev–Trinajstić information content (AvgIpc) is 2.45. The van der Waals surface area contributed by atoms with E-state index in [9.17, 15) is 0 Å². The molecule has 3 N–H and O–H groups in total. The second-order valence-electron chi connectivity index (χ2n) is 4.19. The molecule has 2 rings (SSSR count). The molecule has 0 saturated heterocycles. The molecule has 0 unspecified atom stereocenters. The van der Waals surface area contributed by atoms with E-state index < -0.39 is 0 Å². The molecule has 104 valence electrons. The van der Waals surface area contributed by atoms with Crippen molar-refractivity contribution < 1.29 is 0 Å². The van der Waals surface area contributed by atoms with Crippen molar-refractivity contribution in [1.82, 2.24) is 0 Å². The Morgan fingerprint density at radius 3 is 2.65 bits per heavy atom. The van der Waals surface area contributed by atoms with Crippen LogP contribution in [0.25, 0.3) is 0 Å². The van der Waals surface area contributed by atoms with Crippen LogP contribution in [0.1, 0.15) is 11.1 Å². The molecule has 0 atom stereocenters. The van der Waals surface area contributed by atoms with Crippen molar-refractivity contribution in [2.75, 3.05) is 11.6 Å². The Morgan fingerprint density at radius 2 is 2.00 bits per heavy atom. The van der Waals surface area contributed by atoms with Crippen LogP contribution in [0.3, 0.4) is 0 Å². The van der Waals surface area contributed by atoms with Gasteiger partial charge in [0.2, 0.25) is 0 Å². The minimum atomic E-state index is 0.421. The van der Waals surface area contributed by atoms with Gasteiger partial charge in [0.1, 0.15) is 4.99 Å². The van der Waals surface area contributed by atoms with Crippen LogP contribution < -0.4 is 11.1 Å². The van der Waals surface area contributed by atoms with Crippen molar-refractivity contribution in [2.24, 2.45) is 5.73 Å². The maximum absolute atomic E-state index is 5.86. The van der Waals surface area contributed by atoms with Crippen molar-refractivity contribution in [3.63, 3.8) is 0 Å². The fraction of sp³-hybridized carbons (Fsp3) is 0.133. The molecule has 0 bridgehead atoms. The van der Waals surface area contributed by atoms with E-state index in [-0.39, 0.29) is 0 Å². The second-order valence-corrected chi connectivity index (χ2v) is 6.33. The number of halogens is 1. The van der Waals surface area contributed by atoms with E-state index in [1.807, 2.05) is 42.7 Å². The van der Waals surface area contributed by atoms with Crippen LogP contribution in [0.5, 0.6) is 0 Å². The van der Waals surface area contributed by atoms with Crippen molar-refractivity contribution >= 4 is 50.6 Å². The molecular formula is C15H15BrN2S2. The lowest BCUT2D eigenvalue weighted by Crippen LogP contribution is -2.14. The quantitative estimate of drug-likeness (QED) is 0.606. The molecule has 5 heteroatoms. The topological polar surface area (TPSA) is 38.0 Å². The van der Waals surface area contributed by atoms with E-state index in [1.165, 1.54) is 5.56 Å². The van der Waals surface area contributed by atoms with E-state index in [4.69, 9.17) is 18.0 Å². The van der Waals surface area contributed by atoms with Crippen LogP contribution in [0, 0.1) is 0 Å². The molecule has 0 fully saturated rings. The summed E-state index contributed by atoms with van der Waals surface area (Å²) in [5, 5.41) is 3.42. The third kappa shape index (κ3) is 3.53. The molecule has 2 nitrogen and oxygen atoms in total. The zero-order valence-electron chi connectivity index (χ0n) is 11.0. The number of nitrogens with two attached hydrogens (primary N) is 1. The number of anilines is 1. The van der Waals surface area contributed by atoms with Gasteiger partial charge in [0, 0.05) is 27.2 Å². The molecule has 20 heavy (non-hydrogen) atoms. The first-order valence-corrected chi connectivity index (χ1v) is 8.50. The molecule has 0 radical (unpaired) electrons. The summed E-state index contributed by atoms with van der Waals surface area (Å²) >= 11 is 10.4. The zero-order valence-corrected chi connectivity index (χ0v) is 14.2. The number of hydrogen-bond acceptors (Lipinski definition) is 3. The molecule has 2 aromatic rings. The summed E-state index contributed by atoms with van der Waals surface area (Å²) in [6, 6.07) is 14.2. The van der Waals surface area contributed by atoms with Gasteiger partial charge in [-0.05, 0) is 30.0 Å². The summed E-state index contributed by atoms with van der Waals surface area (Å²) in [5.41, 5.74) is 8.94. The SMILES string of the molecule is CSc1cccc(NCc2ccccc2Br)c1C(N)=S. The van der Waals surface area contributed by atoms with E-state index >= 15 is 0 Å². The van der Waals surface area contributed by atoms with Crippen molar-refractivity contribution in [3.8, 4) is 0 Å². The van der Waals surface area contributed by atoms with E-state index in [2.05, 4.69) is 27.3 Å². The minimum absolute atomic E-state index is 0.421. The van der Waals surface area contributed by atoms with Gasteiger partial charge in [-0.1, -0.05) is 52.4 Å². The normalized spacial score (nSPS) is 10.3. The van der Waals surface area contributed by atoms with Crippen molar-refractivity contribution in [3.05, 3.63) is 58.1 Å². The van der Waals surface area contributed by atoms with Gasteiger partial charge in [0.15, 0.2) is 0 Å². The van der Waals surface area contributed by atoms with Gasteiger partial charge >= 0.3 is 0 Å². The monoisotopic (exact) mass is 366 g/mol. The molecule has 0 aliphatic carbocycles. The summed E-state index contributed by atoms with van der Waals surface area (Å²) in [5.74, 6) is 0. The number of rotatable bonds is 5. The molecule has 2 aromatic carbocycles. The summed E-state index contributed by atoms with van der Waals surface area (Å²) in [7, 11) is 0. The number of thioether (sulfide) groups is 1. The highest BCUT2D eigenvalue weighted by atomic mass is 79.9. The van der Waals surface area contributed by atoms with E-state index in [0.717, 1.165) is 27.2 Å². The largest absolute Gasteiger partial charge is 0.389 e. The fourth-order valence-electron chi connectivity index (χ4n) is 1.93. The maximum atomic E-state index is 5.86. The van der Waals surface area contributed by atoms with E-state index in [0.29, 0.717) is 4.99 Å². The third-order valence-corrected chi connectivity index (χ3v) is 4.68. The van der Waals surface area contributed by atoms with Crippen molar-refractivity contribution in [1.29, 1.82) is 0 Å². The molecule has 0 heterocycles. The second kappa shape index (κ2) is 7.11. The standard InChI is InChI=1S/C15H15BrN2S2/c1-20-13-8-4-7-12(14(13)15(17)19)18-9-10-5-2-3-6-11(10)16/h2-8,18H,9H2,1H3,(H2,17,19). The Labute approximate surface area is 137 Å². The van der Waals surface area contributed by atoms with Crippen LogP contribution in [0.2, 0.25) is 0 Å². The highest BCUT2D eigenvalue weighted by Crippen LogP contribution is 2.28. The fourth-order valence-corrected chi connectivity index (χ4v) is 3.28. The molecule has 0 aliphatic rings. The number of thiocarbonyl (C=S) groups is 1. The summed E-state index contributed by atoms with van der Waals surface area (Å²) in [6.45, 7) is 0.717. The lowest BCUT2D eigenvalue weighted by Gasteiger charge is -2.15. The molecular weight excluding hydrogens is 352 g/mol. The summed E-state index contributed by atoms with van der Waals surface area (Å²) in [4.78, 5) is 1.51. The van der Waals surface area contributed by atoms with Crippen LogP contribution in [0.4, 0.5) is 5.69 Å². The van der Waals surface area contributed by atoms with Crippen LogP contribution in [-0.2, 0) is 6.54 Å². The third-order valence-electron chi connectivity index (χ3n) is 2.92. The average molecular weight is 367 g/mol. The lowest BCUT2D eigenvalue weighted by molar-refractivity contribution is 1.13. The van der Waals surface area contributed by atoms with Gasteiger partial charge in [0.05, 0.1) is 0 Å². The van der Waals surface area contributed by atoms with Gasteiger partial charge in [-0.15, -0.1) is 11.8 Å². The lowest BCUT2D eigenvalue weighted by atomic mass is 10.1. The Balaban J connectivity index is 2.26. The van der Waals surface area contributed by atoms with Crippen LogP contribution in [-0.4, -0.2) is 11.2 Å². The van der Waals surface area contributed by atoms with Crippen LogP contribution >= 0.6 is 39.9 Å². The van der Waals surface area contributed by atoms with E-state index in [1.54, 1.807) is 11.8 Å². The number of hydrogen-bond donors (Lipinski definition) is 2. The number of nitrogens with one attached hydrogen (secondary N) is 1. The van der Waals surface area contributed by atoms with Gasteiger partial charge in [-0.25, -0.2) is 0 Å². The molecule has 0 amide bonds. The predicted molar refractivity (Wildman–Crippen MR) is 95.6 cm³/mol. The van der Waals surface area contributed by atoms with Gasteiger partial charge in [-0.2, -0.15) is 0 Å². The van der Waals surface area contributed by atoms with Crippen molar-refractivity contribution in [2.45, 2.75) is 11.4 Å². The van der Waals surface area contributed by atoms with Crippen LogP contribution in [0.15, 0.2) is 51.8 Å². The summed E-state index contributed by atoms with van der Waals surface area (Å²) < 4.78 is 1.09. The van der Waals surface area contributed by atoms with Gasteiger partial charge < -0.3 is 11.1 Å². The first-order chi connectivity index (χ1) is 9.63. The summed E-state index contributed by atoms with van der Waals surface area (Å²) in [6.07, 6.45) is 2.02. The Bertz CT molecular complexity index is 629. The minimum Gasteiger partial charge on any atom is -0.389 e. The highest BCUT2D eigenvalue weighted by molar-refractivity contribution is 9.10.